The molecule has 92 valence electrons. The van der Waals surface area contributed by atoms with E-state index in [0.29, 0.717) is 5.54 Å². The molecule has 1 saturated carbocycles. The molecule has 1 atom stereocenters. The van der Waals surface area contributed by atoms with E-state index >= 15 is 0 Å². The van der Waals surface area contributed by atoms with Crippen LogP contribution >= 0.6 is 0 Å². The van der Waals surface area contributed by atoms with Crippen molar-refractivity contribution in [1.29, 1.82) is 0 Å². The van der Waals surface area contributed by atoms with Gasteiger partial charge >= 0.3 is 6.09 Å². The first-order chi connectivity index (χ1) is 7.60. The molecule has 1 spiro atoms. The minimum Gasteiger partial charge on any atom is -0.447 e. The maximum atomic E-state index is 11.5. The fourth-order valence-electron chi connectivity index (χ4n) is 2.68. The van der Waals surface area contributed by atoms with Crippen LogP contribution in [0.25, 0.3) is 0 Å². The topological polar surface area (TPSA) is 50.4 Å². The second-order valence-electron chi connectivity index (χ2n) is 5.35. The number of piperidine rings is 1. The lowest BCUT2D eigenvalue weighted by atomic mass is 9.70. The van der Waals surface area contributed by atoms with Crippen molar-refractivity contribution in [2.45, 2.75) is 63.6 Å². The van der Waals surface area contributed by atoms with Gasteiger partial charge in [-0.3, -0.25) is 0 Å². The summed E-state index contributed by atoms with van der Waals surface area (Å²) in [7, 11) is 0. The van der Waals surface area contributed by atoms with Gasteiger partial charge in [0.2, 0.25) is 0 Å². The van der Waals surface area contributed by atoms with Crippen LogP contribution in [0.1, 0.15) is 46.0 Å². The highest BCUT2D eigenvalue weighted by atomic mass is 16.6. The molecule has 1 heterocycles. The van der Waals surface area contributed by atoms with E-state index in [0.717, 1.165) is 19.4 Å². The van der Waals surface area contributed by atoms with E-state index in [1.807, 2.05) is 13.8 Å². The Hall–Kier alpha value is -0.770. The third kappa shape index (κ3) is 2.67. The van der Waals surface area contributed by atoms with Gasteiger partial charge in [0.05, 0.1) is 6.10 Å². The molecule has 4 heteroatoms. The molecule has 0 radical (unpaired) electrons. The maximum absolute atomic E-state index is 11.5. The van der Waals surface area contributed by atoms with Gasteiger partial charge in [0, 0.05) is 11.6 Å². The molecule has 1 unspecified atom stereocenters. The first-order valence-electron chi connectivity index (χ1n) is 6.32. The second-order valence-corrected chi connectivity index (χ2v) is 5.35. The molecule has 2 N–H and O–H groups in total. The summed E-state index contributed by atoms with van der Waals surface area (Å²) in [5.74, 6) is 0. The maximum Gasteiger partial charge on any atom is 0.407 e. The highest BCUT2D eigenvalue weighted by molar-refractivity contribution is 5.67. The van der Waals surface area contributed by atoms with Crippen LogP contribution in [-0.4, -0.2) is 30.3 Å². The third-order valence-corrected chi connectivity index (χ3v) is 3.61. The molecule has 2 rings (SSSR count). The van der Waals surface area contributed by atoms with Crippen molar-refractivity contribution in [2.75, 3.05) is 6.54 Å². The molecule has 0 aromatic rings. The van der Waals surface area contributed by atoms with Gasteiger partial charge < -0.3 is 15.4 Å². The van der Waals surface area contributed by atoms with Gasteiger partial charge in [-0.1, -0.05) is 0 Å². The van der Waals surface area contributed by atoms with Gasteiger partial charge in [0.1, 0.15) is 0 Å². The summed E-state index contributed by atoms with van der Waals surface area (Å²) < 4.78 is 5.10. The number of carbonyl (C=O) groups is 1. The number of nitrogens with one attached hydrogen (secondary N) is 2. The van der Waals surface area contributed by atoms with Crippen molar-refractivity contribution in [3.05, 3.63) is 0 Å². The summed E-state index contributed by atoms with van der Waals surface area (Å²) in [6, 6.07) is 0.285. The van der Waals surface area contributed by atoms with Gasteiger partial charge in [-0.15, -0.1) is 0 Å². The Labute approximate surface area is 97.1 Å². The molecule has 1 aliphatic carbocycles. The zero-order chi connectivity index (χ0) is 11.6. The van der Waals surface area contributed by atoms with Crippen LogP contribution in [0, 0.1) is 0 Å². The Morgan fingerprint density at radius 2 is 2.25 bits per heavy atom. The minimum atomic E-state index is -0.267. The lowest BCUT2D eigenvalue weighted by molar-refractivity contribution is 0.0917. The Morgan fingerprint density at radius 1 is 1.50 bits per heavy atom. The molecular formula is C12H22N2O2. The summed E-state index contributed by atoms with van der Waals surface area (Å²) in [6.45, 7) is 4.75. The van der Waals surface area contributed by atoms with Gasteiger partial charge in [-0.25, -0.2) is 4.79 Å². The second kappa shape index (κ2) is 4.62. The molecular weight excluding hydrogens is 204 g/mol. The molecule has 4 nitrogen and oxygen atoms in total. The summed E-state index contributed by atoms with van der Waals surface area (Å²) >= 11 is 0. The number of alkyl carbamates (subject to hydrolysis) is 1. The predicted molar refractivity (Wildman–Crippen MR) is 62.4 cm³/mol. The van der Waals surface area contributed by atoms with E-state index < -0.39 is 0 Å². The Balaban J connectivity index is 1.79. The minimum absolute atomic E-state index is 0.0422. The standard InChI is InChI=1S/C12H22N2O2/c1-9(2)16-11(15)14-10-4-7-13-12(8-10)5-3-6-12/h9-10,13H,3-8H2,1-2H3,(H,14,15). The number of carbonyl (C=O) groups excluding carboxylic acids is 1. The summed E-state index contributed by atoms with van der Waals surface area (Å²) in [5, 5.41) is 6.56. The zero-order valence-corrected chi connectivity index (χ0v) is 10.2. The van der Waals surface area contributed by atoms with Crippen molar-refractivity contribution in [1.82, 2.24) is 10.6 Å². The van der Waals surface area contributed by atoms with E-state index in [-0.39, 0.29) is 18.2 Å². The van der Waals surface area contributed by atoms with Crippen LogP contribution in [-0.2, 0) is 4.74 Å². The van der Waals surface area contributed by atoms with Crippen LogP contribution in [0.3, 0.4) is 0 Å². The molecule has 1 aliphatic heterocycles. The summed E-state index contributed by atoms with van der Waals surface area (Å²) in [6.07, 6.45) is 5.58. The number of rotatable bonds is 2. The zero-order valence-electron chi connectivity index (χ0n) is 10.2. The van der Waals surface area contributed by atoms with Gasteiger partial charge in [0.15, 0.2) is 0 Å². The summed E-state index contributed by atoms with van der Waals surface area (Å²) in [4.78, 5) is 11.5. The third-order valence-electron chi connectivity index (χ3n) is 3.61. The van der Waals surface area contributed by atoms with Crippen LogP contribution in [0.5, 0.6) is 0 Å². The van der Waals surface area contributed by atoms with Crippen molar-refractivity contribution in [3.8, 4) is 0 Å². The van der Waals surface area contributed by atoms with Crippen molar-refractivity contribution in [3.63, 3.8) is 0 Å². The number of ether oxygens (including phenoxy) is 1. The number of hydrogen-bond donors (Lipinski definition) is 2. The van der Waals surface area contributed by atoms with Crippen LogP contribution in [0.2, 0.25) is 0 Å². The number of hydrogen-bond acceptors (Lipinski definition) is 3. The lowest BCUT2D eigenvalue weighted by Crippen LogP contribution is -2.59. The molecule has 0 bridgehead atoms. The fraction of sp³-hybridized carbons (Fsp3) is 0.917. The van der Waals surface area contributed by atoms with Crippen molar-refractivity contribution >= 4 is 6.09 Å². The van der Waals surface area contributed by atoms with E-state index in [4.69, 9.17) is 4.74 Å². The first-order valence-corrected chi connectivity index (χ1v) is 6.32. The molecule has 1 saturated heterocycles. The quantitative estimate of drug-likeness (QED) is 0.755. The molecule has 16 heavy (non-hydrogen) atoms. The summed E-state index contributed by atoms with van der Waals surface area (Å²) in [5.41, 5.74) is 0.327. The average molecular weight is 226 g/mol. The van der Waals surface area contributed by atoms with Gasteiger partial charge in [-0.05, 0) is 52.5 Å². The average Bonchev–Trinajstić information content (AvgIpc) is 2.14. The monoisotopic (exact) mass is 226 g/mol. The van der Waals surface area contributed by atoms with Crippen LogP contribution in [0.4, 0.5) is 4.79 Å². The first kappa shape index (κ1) is 11.7. The van der Waals surface area contributed by atoms with Crippen molar-refractivity contribution in [2.24, 2.45) is 0 Å². The largest absolute Gasteiger partial charge is 0.447 e. The Kier molecular flexibility index (Phi) is 3.38. The molecule has 0 aromatic heterocycles. The normalized spacial score (nSPS) is 27.6. The van der Waals surface area contributed by atoms with E-state index in [1.165, 1.54) is 19.3 Å². The SMILES string of the molecule is CC(C)OC(=O)NC1CCNC2(CCC2)C1. The van der Waals surface area contributed by atoms with E-state index in [1.54, 1.807) is 0 Å². The predicted octanol–water partition coefficient (Wildman–Crippen LogP) is 1.80. The van der Waals surface area contributed by atoms with E-state index in [9.17, 15) is 4.79 Å². The van der Waals surface area contributed by atoms with E-state index in [2.05, 4.69) is 10.6 Å². The highest BCUT2D eigenvalue weighted by Crippen LogP contribution is 2.38. The van der Waals surface area contributed by atoms with Crippen LogP contribution in [0.15, 0.2) is 0 Å². The molecule has 2 aliphatic rings. The Morgan fingerprint density at radius 3 is 2.81 bits per heavy atom. The molecule has 1 amide bonds. The van der Waals surface area contributed by atoms with Crippen molar-refractivity contribution < 1.29 is 9.53 Å². The van der Waals surface area contributed by atoms with Crippen LogP contribution < -0.4 is 10.6 Å². The fourth-order valence-corrected chi connectivity index (χ4v) is 2.68. The molecule has 0 aromatic carbocycles. The Bertz CT molecular complexity index is 262. The van der Waals surface area contributed by atoms with Gasteiger partial charge in [-0.2, -0.15) is 0 Å². The highest BCUT2D eigenvalue weighted by Gasteiger charge is 2.41. The van der Waals surface area contributed by atoms with Gasteiger partial charge in [0.25, 0.3) is 0 Å². The lowest BCUT2D eigenvalue weighted by Gasteiger charge is -2.48. The molecule has 2 fully saturated rings. The smallest absolute Gasteiger partial charge is 0.407 e. The number of amides is 1.